The second-order valence-electron chi connectivity index (χ2n) is 26.1. The summed E-state index contributed by atoms with van der Waals surface area (Å²) < 4.78 is 0. The Kier molecular flexibility index (Phi) is 30.4. The number of aromatic nitrogens is 1. The van der Waals surface area contributed by atoms with Crippen LogP contribution in [0.25, 0.3) is 21.7 Å². The van der Waals surface area contributed by atoms with E-state index in [1.165, 1.54) is 4.90 Å². The predicted octanol–water partition coefficient (Wildman–Crippen LogP) is -2.47. The van der Waals surface area contributed by atoms with Gasteiger partial charge in [-0.1, -0.05) is 98.2 Å². The number of hydrazine groups is 1. The molecule has 0 aliphatic carbocycles. The molecule has 0 bridgehead atoms. The third-order valence-corrected chi connectivity index (χ3v) is 17.9. The molecule has 2 fully saturated rings. The van der Waals surface area contributed by atoms with Crippen LogP contribution in [0.5, 0.6) is 0 Å². The molecule has 22 N–H and O–H groups in total. The summed E-state index contributed by atoms with van der Waals surface area (Å²) in [4.78, 5) is 202. The molecule has 5 aromatic rings. The first kappa shape index (κ1) is 81.0. The number of aromatic amines is 1. The summed E-state index contributed by atoms with van der Waals surface area (Å²) in [5.41, 5.74) is 15.2. The first-order chi connectivity index (χ1) is 50.1. The SMILES string of the molecule is CC(=O)N[C@H]1CCC(=O)NCC(=O)NCC[C@@H](C(=O)N[C@H](Cc2ccc3ccccc3c2)C(=O)N[C@@H](CC(C)C)C(=O)N[C@@H](CCCNC(=N)N)C(=O)N2CCC[C@H]2C(=O)N[C@@H](CN)C(=O)O)NC(=O)[C@H](CC(=O)NN)NC(=O)[C@@H](Cc2c[nH]c3ccccc23)NC(=O)[C@@H](Cc2ccc(Cl)cc2)NC1=O. The molecular formula is C70H92ClN19O15. The van der Waals surface area contributed by atoms with E-state index >= 15 is 19.2 Å². The topological polar surface area (TPSA) is 537 Å². The smallest absolute Gasteiger partial charge is 0.327 e. The van der Waals surface area contributed by atoms with Crippen molar-refractivity contribution >= 4 is 122 Å². The van der Waals surface area contributed by atoms with Gasteiger partial charge in [0.05, 0.1) is 13.0 Å². The zero-order valence-corrected chi connectivity index (χ0v) is 59.1. The molecule has 35 heteroatoms. The van der Waals surface area contributed by atoms with E-state index in [2.05, 4.69) is 68.8 Å². The molecule has 1 aromatic heterocycles. The highest BCUT2D eigenvalue weighted by Crippen LogP contribution is 2.24. The lowest BCUT2D eigenvalue weighted by atomic mass is 9.98. The van der Waals surface area contributed by atoms with E-state index in [-0.39, 0.29) is 76.3 Å². The molecule has 4 aromatic carbocycles. The molecule has 0 radical (unpaired) electrons. The van der Waals surface area contributed by atoms with Crippen molar-refractivity contribution < 1.29 is 72.2 Å². The maximum absolute atomic E-state index is 15.3. The first-order valence-electron chi connectivity index (χ1n) is 34.4. The van der Waals surface area contributed by atoms with Crippen LogP contribution in [0, 0.1) is 11.3 Å². The number of amides is 13. The third kappa shape index (κ3) is 24.7. The van der Waals surface area contributed by atoms with Crippen molar-refractivity contribution in [2.24, 2.45) is 23.2 Å². The summed E-state index contributed by atoms with van der Waals surface area (Å²) in [5.74, 6) is -8.26. The van der Waals surface area contributed by atoms with Crippen molar-refractivity contribution in [2.45, 2.75) is 158 Å². The Morgan fingerprint density at radius 2 is 1.33 bits per heavy atom. The molecule has 34 nitrogen and oxygen atoms in total. The summed E-state index contributed by atoms with van der Waals surface area (Å²) >= 11 is 6.21. The number of nitrogens with zero attached hydrogens (tertiary/aromatic N) is 1. The Morgan fingerprint density at radius 3 is 2.02 bits per heavy atom. The molecule has 2 saturated heterocycles. The first-order valence-corrected chi connectivity index (χ1v) is 34.8. The maximum atomic E-state index is 15.3. The number of H-pyrrole nitrogens is 1. The number of carbonyl (C=O) groups is 14. The van der Waals surface area contributed by atoms with Gasteiger partial charge in [-0.2, -0.15) is 0 Å². The number of guanidine groups is 1. The van der Waals surface area contributed by atoms with Crippen LogP contribution in [-0.2, 0) is 86.4 Å². The molecule has 2 aliphatic rings. The Labute approximate surface area is 609 Å². The number of carboxylic acid groups (broad SMARTS) is 1. The van der Waals surface area contributed by atoms with Gasteiger partial charge < -0.3 is 90.3 Å². The standard InChI is InChI=1S/C70H92ClN19O15/c1-37(2)28-50(62(97)82-49(14-8-25-77-70(73)74)68(103)90-27-9-15-56(90)67(102)88-55(34-72)69(104)105)83-64(99)52(31-40-16-19-41-10-4-5-11-42(41)29-40)85-61(96)48-24-26-76-59(94)36-79-57(92)23-22-47(80-38(3)91)60(95)84-51(30-39-17-20-44(71)21-18-39)63(98)86-53(32-43-35-78-46-13-7-6-12-45(43)46)65(100)87-54(66(101)81-48)33-58(93)89-75/h4-7,10-13,16-21,29,35,37,47-56,78H,8-9,14-15,22-28,30-34,36,72,75H2,1-3H3,(H,76,94)(H,79,92)(H,80,91)(H,81,101)(H,82,97)(H,83,99)(H,84,95)(H,85,96)(H,86,98)(H,87,100)(H,88,102)(H,89,93)(H,104,105)(H4,73,74,77)/t47-,48-,49-,50-,51+,52+,53+,54-,55-,56-/m0/s1. The third-order valence-electron chi connectivity index (χ3n) is 17.6. The number of nitrogens with two attached hydrogens (primary N) is 3. The Bertz CT molecular complexity index is 4010. The molecule has 0 unspecified atom stereocenters. The van der Waals surface area contributed by atoms with Gasteiger partial charge in [-0.05, 0) is 96.5 Å². The van der Waals surface area contributed by atoms with Crippen LogP contribution in [0.1, 0.15) is 95.2 Å². The molecule has 0 spiro atoms. The normalized spacial score (nSPS) is 19.9. The van der Waals surface area contributed by atoms with Crippen LogP contribution in [0.3, 0.4) is 0 Å². The Balaban J connectivity index is 1.24. The average Bonchev–Trinajstić information content (AvgIpc) is 1.55. The number of benzene rings is 4. The minimum atomic E-state index is -1.92. The van der Waals surface area contributed by atoms with Gasteiger partial charge >= 0.3 is 5.97 Å². The number of nitrogens with one attached hydrogen (secondary N) is 15. The van der Waals surface area contributed by atoms with Crippen molar-refractivity contribution in [1.82, 2.24) is 79.1 Å². The lowest BCUT2D eigenvalue weighted by Crippen LogP contribution is -2.61. The van der Waals surface area contributed by atoms with Crippen molar-refractivity contribution in [3.05, 3.63) is 119 Å². The highest BCUT2D eigenvalue weighted by Gasteiger charge is 2.41. The van der Waals surface area contributed by atoms with Crippen LogP contribution in [0.2, 0.25) is 5.02 Å². The fourth-order valence-electron chi connectivity index (χ4n) is 12.2. The molecule has 2 aliphatic heterocycles. The maximum Gasteiger partial charge on any atom is 0.327 e. The van der Waals surface area contributed by atoms with Gasteiger partial charge in [0.1, 0.15) is 60.4 Å². The largest absolute Gasteiger partial charge is 0.480 e. The van der Waals surface area contributed by atoms with Gasteiger partial charge in [-0.3, -0.25) is 73.2 Å². The molecule has 105 heavy (non-hydrogen) atoms. The zero-order valence-electron chi connectivity index (χ0n) is 58.3. The number of para-hydroxylation sites is 1. The number of carboxylic acids is 1. The van der Waals surface area contributed by atoms with Crippen molar-refractivity contribution in [1.29, 1.82) is 5.41 Å². The second kappa shape index (κ2) is 39.4. The average molecular weight is 1480 g/mol. The molecule has 7 rings (SSSR count). The number of halogens is 1. The Morgan fingerprint density at radius 1 is 0.695 bits per heavy atom. The van der Waals surface area contributed by atoms with Crippen LogP contribution >= 0.6 is 11.6 Å². The van der Waals surface area contributed by atoms with Crippen molar-refractivity contribution in [2.75, 3.05) is 32.7 Å². The van der Waals surface area contributed by atoms with Gasteiger partial charge in [0.2, 0.25) is 76.8 Å². The van der Waals surface area contributed by atoms with E-state index in [0.717, 1.165) is 17.7 Å². The number of likely N-dealkylation sites (tertiary alicyclic amines) is 1. The molecule has 3 heterocycles. The fraction of sp³-hybridized carbons (Fsp3) is 0.443. The molecule has 0 saturated carbocycles. The van der Waals surface area contributed by atoms with Crippen molar-refractivity contribution in [3.8, 4) is 0 Å². The van der Waals surface area contributed by atoms with E-state index in [1.54, 1.807) is 92.8 Å². The van der Waals surface area contributed by atoms with Gasteiger partial charge in [0.15, 0.2) is 5.96 Å². The second-order valence-corrected chi connectivity index (χ2v) is 26.6. The minimum absolute atomic E-state index is 0.0499. The van der Waals surface area contributed by atoms with Crippen molar-refractivity contribution in [3.63, 3.8) is 0 Å². The number of fused-ring (bicyclic) bond motifs is 2. The van der Waals surface area contributed by atoms with E-state index < -0.39 is 182 Å². The van der Waals surface area contributed by atoms with Gasteiger partial charge in [-0.15, -0.1) is 0 Å². The molecular weight excluding hydrogens is 1380 g/mol. The van der Waals surface area contributed by atoms with Crippen LogP contribution < -0.4 is 86.5 Å². The number of aliphatic carboxylic acids is 1. The summed E-state index contributed by atoms with van der Waals surface area (Å²) in [7, 11) is 0. The van der Waals surface area contributed by atoms with E-state index in [9.17, 15) is 53.1 Å². The van der Waals surface area contributed by atoms with Gasteiger partial charge in [0, 0.05) is 80.9 Å². The highest BCUT2D eigenvalue weighted by molar-refractivity contribution is 6.30. The quantitative estimate of drug-likeness (QED) is 0.00681. The highest BCUT2D eigenvalue weighted by atomic mass is 35.5. The lowest BCUT2D eigenvalue weighted by Gasteiger charge is -2.31. The van der Waals surface area contributed by atoms with Gasteiger partial charge in [-0.25, -0.2) is 10.6 Å². The number of carbonyl (C=O) groups excluding carboxylic acids is 13. The summed E-state index contributed by atoms with van der Waals surface area (Å²) in [6.45, 7) is 3.24. The predicted molar refractivity (Wildman–Crippen MR) is 385 cm³/mol. The fourth-order valence-corrected chi connectivity index (χ4v) is 12.3. The minimum Gasteiger partial charge on any atom is -0.480 e. The lowest BCUT2D eigenvalue weighted by molar-refractivity contribution is -0.145. The number of hydrogen-bond donors (Lipinski definition) is 19. The van der Waals surface area contributed by atoms with Crippen LogP contribution in [0.15, 0.2) is 97.2 Å². The van der Waals surface area contributed by atoms with E-state index in [0.29, 0.717) is 39.0 Å². The van der Waals surface area contributed by atoms with E-state index in [1.807, 2.05) is 23.6 Å². The molecule has 10 atom stereocenters. The van der Waals surface area contributed by atoms with Crippen LogP contribution in [0.4, 0.5) is 0 Å². The summed E-state index contributed by atoms with van der Waals surface area (Å²) in [6.07, 6.45) is -0.865. The summed E-state index contributed by atoms with van der Waals surface area (Å²) in [6, 6.07) is 10.5. The number of hydrogen-bond acceptors (Lipinski definition) is 17. The van der Waals surface area contributed by atoms with E-state index in [4.69, 9.17) is 34.3 Å². The number of rotatable bonds is 26. The molecule has 564 valence electrons. The summed E-state index contributed by atoms with van der Waals surface area (Å²) in [5, 5.41) is 51.0. The monoisotopic (exact) mass is 1470 g/mol. The van der Waals surface area contributed by atoms with Crippen LogP contribution in [-0.4, -0.2) is 197 Å². The van der Waals surface area contributed by atoms with Gasteiger partial charge in [0.25, 0.3) is 0 Å². The molecule has 13 amide bonds. The Hall–Kier alpha value is -11.3. The zero-order chi connectivity index (χ0) is 76.4.